The zero-order valence-corrected chi connectivity index (χ0v) is 16.6. The van der Waals surface area contributed by atoms with Crippen molar-refractivity contribution in [2.45, 2.75) is 30.3 Å². The molecular weight excluding hydrogens is 379 g/mol. The van der Waals surface area contributed by atoms with Crippen LogP contribution in [0.15, 0.2) is 53.4 Å². The second kappa shape index (κ2) is 8.29. The lowest BCUT2D eigenvalue weighted by Gasteiger charge is -2.27. The van der Waals surface area contributed by atoms with Gasteiger partial charge in [-0.2, -0.15) is 4.31 Å². The first-order valence-electron chi connectivity index (χ1n) is 9.70. The predicted octanol–water partition coefficient (Wildman–Crippen LogP) is 3.18. The summed E-state index contributed by atoms with van der Waals surface area (Å²) in [6.45, 7) is 4.56. The van der Waals surface area contributed by atoms with Gasteiger partial charge in [0.25, 0.3) is 0 Å². The smallest absolute Gasteiger partial charge is 0.243 e. The van der Waals surface area contributed by atoms with Crippen LogP contribution < -0.4 is 0 Å². The maximum atomic E-state index is 13.2. The summed E-state index contributed by atoms with van der Waals surface area (Å²) < 4.78 is 46.6. The standard InChI is InChI=1S/C21H25FN2O3S/c22-19-7-5-18(6-8-19)21-2-1-11-24(21)28(25,26)20-9-3-17(4-10-20)16-23-12-14-27-15-13-23/h3-10,21H,1-2,11-16H2. The Morgan fingerprint density at radius 2 is 1.64 bits per heavy atom. The van der Waals surface area contributed by atoms with E-state index in [4.69, 9.17) is 4.74 Å². The Hall–Kier alpha value is -1.80. The van der Waals surface area contributed by atoms with Crippen LogP contribution in [0.4, 0.5) is 4.39 Å². The van der Waals surface area contributed by atoms with Crippen molar-refractivity contribution in [3.63, 3.8) is 0 Å². The zero-order valence-electron chi connectivity index (χ0n) is 15.8. The molecule has 150 valence electrons. The van der Waals surface area contributed by atoms with Gasteiger partial charge < -0.3 is 4.74 Å². The molecule has 1 unspecified atom stereocenters. The lowest BCUT2D eigenvalue weighted by atomic mass is 10.1. The fourth-order valence-electron chi connectivity index (χ4n) is 3.97. The van der Waals surface area contributed by atoms with Crippen molar-refractivity contribution in [1.82, 2.24) is 9.21 Å². The zero-order chi connectivity index (χ0) is 19.6. The van der Waals surface area contributed by atoms with Crippen LogP contribution in [0.3, 0.4) is 0 Å². The SMILES string of the molecule is O=S(=O)(c1ccc(CN2CCOCC2)cc1)N1CCCC1c1ccc(F)cc1. The van der Waals surface area contributed by atoms with Crippen LogP contribution in [-0.4, -0.2) is 50.5 Å². The number of hydrogen-bond acceptors (Lipinski definition) is 4. The van der Waals surface area contributed by atoms with E-state index >= 15 is 0 Å². The minimum atomic E-state index is -3.59. The molecule has 0 amide bonds. The van der Waals surface area contributed by atoms with Gasteiger partial charge in [0.05, 0.1) is 24.2 Å². The Morgan fingerprint density at radius 3 is 2.32 bits per heavy atom. The van der Waals surface area contributed by atoms with Gasteiger partial charge >= 0.3 is 0 Å². The second-order valence-electron chi connectivity index (χ2n) is 7.36. The van der Waals surface area contributed by atoms with E-state index in [1.165, 1.54) is 12.1 Å². The van der Waals surface area contributed by atoms with Crippen LogP contribution in [0.2, 0.25) is 0 Å². The van der Waals surface area contributed by atoms with E-state index in [1.807, 2.05) is 12.1 Å². The normalized spacial score (nSPS) is 21.8. The van der Waals surface area contributed by atoms with E-state index < -0.39 is 10.0 Å². The third-order valence-electron chi connectivity index (χ3n) is 5.50. The molecule has 2 heterocycles. The maximum absolute atomic E-state index is 13.2. The van der Waals surface area contributed by atoms with Crippen LogP contribution in [0.25, 0.3) is 0 Å². The van der Waals surface area contributed by atoms with Gasteiger partial charge in [0.1, 0.15) is 5.82 Å². The van der Waals surface area contributed by atoms with Gasteiger partial charge in [-0.25, -0.2) is 12.8 Å². The molecule has 0 aromatic heterocycles. The van der Waals surface area contributed by atoms with E-state index in [1.54, 1.807) is 28.6 Å². The number of halogens is 1. The number of hydrogen-bond donors (Lipinski definition) is 0. The average molecular weight is 405 g/mol. The van der Waals surface area contributed by atoms with E-state index in [9.17, 15) is 12.8 Å². The molecule has 2 aliphatic rings. The van der Waals surface area contributed by atoms with Crippen LogP contribution in [0, 0.1) is 5.82 Å². The van der Waals surface area contributed by atoms with Crippen LogP contribution in [-0.2, 0) is 21.3 Å². The highest BCUT2D eigenvalue weighted by molar-refractivity contribution is 7.89. The van der Waals surface area contributed by atoms with Gasteiger partial charge in [-0.05, 0) is 48.2 Å². The number of morpholine rings is 1. The first-order chi connectivity index (χ1) is 13.5. The van der Waals surface area contributed by atoms with Crippen molar-refractivity contribution in [3.05, 3.63) is 65.5 Å². The molecule has 0 bridgehead atoms. The van der Waals surface area contributed by atoms with Gasteiger partial charge in [-0.1, -0.05) is 24.3 Å². The van der Waals surface area contributed by atoms with Crippen molar-refractivity contribution < 1.29 is 17.5 Å². The molecule has 0 spiro atoms. The fourth-order valence-corrected chi connectivity index (χ4v) is 5.65. The lowest BCUT2D eigenvalue weighted by Crippen LogP contribution is -2.35. The molecule has 0 radical (unpaired) electrons. The van der Waals surface area contributed by atoms with E-state index in [-0.39, 0.29) is 11.9 Å². The molecule has 28 heavy (non-hydrogen) atoms. The Morgan fingerprint density at radius 1 is 0.964 bits per heavy atom. The number of benzene rings is 2. The van der Waals surface area contributed by atoms with Gasteiger partial charge in [-0.15, -0.1) is 0 Å². The number of ether oxygens (including phenoxy) is 1. The summed E-state index contributed by atoms with van der Waals surface area (Å²) in [6, 6.07) is 13.1. The van der Waals surface area contributed by atoms with E-state index in [2.05, 4.69) is 4.90 Å². The van der Waals surface area contributed by atoms with Gasteiger partial charge in [0.2, 0.25) is 10.0 Å². The summed E-state index contributed by atoms with van der Waals surface area (Å²) in [6.07, 6.45) is 1.55. The average Bonchev–Trinajstić information content (AvgIpc) is 3.21. The van der Waals surface area contributed by atoms with Crippen molar-refractivity contribution in [3.8, 4) is 0 Å². The summed E-state index contributed by atoms with van der Waals surface area (Å²) in [5, 5.41) is 0. The summed E-state index contributed by atoms with van der Waals surface area (Å²) in [4.78, 5) is 2.62. The molecule has 0 N–H and O–H groups in total. The molecule has 4 rings (SSSR count). The molecule has 2 fully saturated rings. The lowest BCUT2D eigenvalue weighted by molar-refractivity contribution is 0.0342. The molecule has 2 saturated heterocycles. The Kier molecular flexibility index (Phi) is 5.78. The van der Waals surface area contributed by atoms with Crippen molar-refractivity contribution >= 4 is 10.0 Å². The van der Waals surface area contributed by atoms with Crippen molar-refractivity contribution in [2.75, 3.05) is 32.8 Å². The van der Waals surface area contributed by atoms with Gasteiger partial charge in [0, 0.05) is 26.2 Å². The minimum absolute atomic E-state index is 0.237. The number of sulfonamides is 1. The second-order valence-corrected chi connectivity index (χ2v) is 9.25. The topological polar surface area (TPSA) is 49.9 Å². The largest absolute Gasteiger partial charge is 0.379 e. The highest BCUT2D eigenvalue weighted by Gasteiger charge is 2.36. The Balaban J connectivity index is 1.51. The fraction of sp³-hybridized carbons (Fsp3) is 0.429. The van der Waals surface area contributed by atoms with E-state index in [0.29, 0.717) is 11.4 Å². The number of nitrogens with zero attached hydrogens (tertiary/aromatic N) is 2. The predicted molar refractivity (Wildman–Crippen MR) is 105 cm³/mol. The van der Waals surface area contributed by atoms with Crippen LogP contribution >= 0.6 is 0 Å². The third kappa shape index (κ3) is 4.12. The quantitative estimate of drug-likeness (QED) is 0.768. The maximum Gasteiger partial charge on any atom is 0.243 e. The summed E-state index contributed by atoms with van der Waals surface area (Å²) in [5.74, 6) is -0.313. The molecular formula is C21H25FN2O3S. The molecule has 2 aromatic rings. The number of rotatable bonds is 5. The summed E-state index contributed by atoms with van der Waals surface area (Å²) in [5.41, 5.74) is 1.93. The van der Waals surface area contributed by atoms with Crippen molar-refractivity contribution in [2.24, 2.45) is 0 Å². The van der Waals surface area contributed by atoms with Gasteiger partial charge in [-0.3, -0.25) is 4.90 Å². The molecule has 1 atom stereocenters. The highest BCUT2D eigenvalue weighted by atomic mass is 32.2. The molecule has 7 heteroatoms. The van der Waals surface area contributed by atoms with Crippen LogP contribution in [0.1, 0.15) is 30.0 Å². The summed E-state index contributed by atoms with van der Waals surface area (Å²) >= 11 is 0. The molecule has 5 nitrogen and oxygen atoms in total. The van der Waals surface area contributed by atoms with Crippen molar-refractivity contribution in [1.29, 1.82) is 0 Å². The monoisotopic (exact) mass is 404 g/mol. The van der Waals surface area contributed by atoms with Gasteiger partial charge in [0.15, 0.2) is 0 Å². The molecule has 2 aliphatic heterocycles. The Labute approximate surface area is 165 Å². The minimum Gasteiger partial charge on any atom is -0.379 e. The summed E-state index contributed by atoms with van der Waals surface area (Å²) in [7, 11) is -3.59. The third-order valence-corrected chi connectivity index (χ3v) is 7.42. The molecule has 0 aliphatic carbocycles. The van der Waals surface area contributed by atoms with E-state index in [0.717, 1.165) is 56.8 Å². The molecule has 0 saturated carbocycles. The molecule has 2 aromatic carbocycles. The Bertz CT molecular complexity index is 894. The first-order valence-corrected chi connectivity index (χ1v) is 11.1. The van der Waals surface area contributed by atoms with Crippen LogP contribution in [0.5, 0.6) is 0 Å². The first kappa shape index (κ1) is 19.5. The highest BCUT2D eigenvalue weighted by Crippen LogP contribution is 2.36.